The van der Waals surface area contributed by atoms with E-state index in [1.54, 1.807) is 4.90 Å². The van der Waals surface area contributed by atoms with Crippen LogP contribution >= 0.6 is 0 Å². The Balaban J connectivity index is 1.65. The Morgan fingerprint density at radius 1 is 1.17 bits per heavy atom. The molecule has 1 aliphatic rings. The second-order valence-corrected chi connectivity index (χ2v) is 6.93. The van der Waals surface area contributed by atoms with Crippen molar-refractivity contribution in [3.05, 3.63) is 71.3 Å². The zero-order valence-electron chi connectivity index (χ0n) is 15.9. The lowest BCUT2D eigenvalue weighted by atomic mass is 10.1. The van der Waals surface area contributed by atoms with Crippen LogP contribution in [0.3, 0.4) is 0 Å². The van der Waals surface area contributed by atoms with Gasteiger partial charge in [-0.25, -0.2) is 4.79 Å². The van der Waals surface area contributed by atoms with Crippen molar-refractivity contribution in [2.45, 2.75) is 38.6 Å². The van der Waals surface area contributed by atoms with Gasteiger partial charge < -0.3 is 9.64 Å². The van der Waals surface area contributed by atoms with Crippen molar-refractivity contribution in [1.29, 1.82) is 0 Å². The van der Waals surface area contributed by atoms with Gasteiger partial charge in [-0.05, 0) is 55.7 Å². The Labute approximate surface area is 166 Å². The smallest absolute Gasteiger partial charge is 0.416 e. The van der Waals surface area contributed by atoms with Crippen LogP contribution in [0.25, 0.3) is 6.08 Å². The number of halogens is 3. The van der Waals surface area contributed by atoms with E-state index in [1.165, 1.54) is 25.1 Å². The zero-order chi connectivity index (χ0) is 21.2. The Bertz CT molecular complexity index is 952. The topological polar surface area (TPSA) is 46.6 Å². The van der Waals surface area contributed by atoms with Gasteiger partial charge in [0.1, 0.15) is 0 Å². The van der Waals surface area contributed by atoms with E-state index in [0.717, 1.165) is 35.9 Å². The van der Waals surface area contributed by atoms with Crippen molar-refractivity contribution in [3.8, 4) is 0 Å². The molecule has 3 rings (SSSR count). The molecule has 2 aromatic carbocycles. The minimum atomic E-state index is -4.46. The molecule has 0 saturated carbocycles. The third-order valence-corrected chi connectivity index (χ3v) is 4.71. The first-order valence-corrected chi connectivity index (χ1v) is 9.14. The molecule has 0 bridgehead atoms. The van der Waals surface area contributed by atoms with Gasteiger partial charge in [-0.15, -0.1) is 0 Å². The largest absolute Gasteiger partial charge is 0.449 e. The lowest BCUT2D eigenvalue weighted by Gasteiger charge is -2.25. The van der Waals surface area contributed by atoms with Crippen LogP contribution in [0.15, 0.2) is 54.6 Å². The average molecular weight is 403 g/mol. The number of para-hydroxylation sites is 1. The molecule has 1 heterocycles. The molecule has 7 heteroatoms. The van der Waals surface area contributed by atoms with E-state index < -0.39 is 23.8 Å². The highest BCUT2D eigenvalue weighted by Crippen LogP contribution is 2.32. The molecule has 0 saturated heterocycles. The molecule has 4 nitrogen and oxygen atoms in total. The van der Waals surface area contributed by atoms with Crippen molar-refractivity contribution in [3.63, 3.8) is 0 Å². The molecule has 0 N–H and O–H groups in total. The minimum absolute atomic E-state index is 0.0540. The van der Waals surface area contributed by atoms with Gasteiger partial charge in [-0.3, -0.25) is 4.79 Å². The van der Waals surface area contributed by atoms with Crippen molar-refractivity contribution in [2.24, 2.45) is 0 Å². The van der Waals surface area contributed by atoms with Crippen LogP contribution in [-0.2, 0) is 26.9 Å². The van der Waals surface area contributed by atoms with E-state index in [0.29, 0.717) is 0 Å². The van der Waals surface area contributed by atoms with Crippen molar-refractivity contribution < 1.29 is 27.5 Å². The maximum absolute atomic E-state index is 12.8. The summed E-state index contributed by atoms with van der Waals surface area (Å²) in [5, 5.41) is 0. The lowest BCUT2D eigenvalue weighted by molar-refractivity contribution is -0.149. The molecule has 152 valence electrons. The van der Waals surface area contributed by atoms with E-state index in [2.05, 4.69) is 0 Å². The number of hydrogen-bond acceptors (Lipinski definition) is 3. The number of nitrogens with zero attached hydrogens (tertiary/aromatic N) is 1. The third kappa shape index (κ3) is 4.67. The van der Waals surface area contributed by atoms with E-state index in [-0.39, 0.29) is 17.5 Å². The number of anilines is 1. The molecule has 1 aliphatic heterocycles. The summed E-state index contributed by atoms with van der Waals surface area (Å²) in [4.78, 5) is 26.5. The van der Waals surface area contributed by atoms with Gasteiger partial charge in [-0.1, -0.05) is 30.3 Å². The van der Waals surface area contributed by atoms with Crippen molar-refractivity contribution in [1.82, 2.24) is 0 Å². The summed E-state index contributed by atoms with van der Waals surface area (Å²) >= 11 is 0. The highest BCUT2D eigenvalue weighted by molar-refractivity contribution is 6.00. The molecule has 0 fully saturated rings. The number of fused-ring (bicyclic) bond motifs is 1. The number of esters is 1. The van der Waals surface area contributed by atoms with Crippen LogP contribution < -0.4 is 4.90 Å². The number of ether oxygens (including phenoxy) is 1. The van der Waals surface area contributed by atoms with Gasteiger partial charge in [0.05, 0.1) is 5.56 Å². The second-order valence-electron chi connectivity index (χ2n) is 6.93. The van der Waals surface area contributed by atoms with Crippen LogP contribution in [0.2, 0.25) is 0 Å². The SMILES string of the molecule is C[C@@H](OC(=O)/C=C/c1cccc(C(F)(F)F)c1)C(=O)N1c2ccccc2C[C@@H]1C. The molecule has 0 spiro atoms. The maximum atomic E-state index is 12.8. The maximum Gasteiger partial charge on any atom is 0.416 e. The molecule has 2 aromatic rings. The van der Waals surface area contributed by atoms with Crippen LogP contribution in [-0.4, -0.2) is 24.0 Å². The summed E-state index contributed by atoms with van der Waals surface area (Å²) in [6, 6.07) is 12.1. The summed E-state index contributed by atoms with van der Waals surface area (Å²) in [5.41, 5.74) is 1.25. The highest BCUT2D eigenvalue weighted by Gasteiger charge is 2.34. The standard InChI is InChI=1S/C22H20F3NO3/c1-14-12-17-7-3-4-9-19(17)26(14)21(28)15(2)29-20(27)11-10-16-6-5-8-18(13-16)22(23,24)25/h3-11,13-15H,12H2,1-2H3/b11-10+/t14-,15+/m0/s1. The number of alkyl halides is 3. The number of carbonyl (C=O) groups is 2. The molecule has 29 heavy (non-hydrogen) atoms. The van der Waals surface area contributed by atoms with Gasteiger partial charge in [0, 0.05) is 17.8 Å². The molecule has 0 radical (unpaired) electrons. The van der Waals surface area contributed by atoms with Gasteiger partial charge in [-0.2, -0.15) is 13.2 Å². The fourth-order valence-corrected chi connectivity index (χ4v) is 3.34. The van der Waals surface area contributed by atoms with Crippen molar-refractivity contribution in [2.75, 3.05) is 4.90 Å². The lowest BCUT2D eigenvalue weighted by Crippen LogP contribution is -2.43. The first kappa shape index (κ1) is 20.6. The fourth-order valence-electron chi connectivity index (χ4n) is 3.34. The molecular weight excluding hydrogens is 383 g/mol. The quantitative estimate of drug-likeness (QED) is 0.553. The van der Waals surface area contributed by atoms with Crippen LogP contribution in [0.5, 0.6) is 0 Å². The minimum Gasteiger partial charge on any atom is -0.449 e. The molecule has 0 unspecified atom stereocenters. The summed E-state index contributed by atoms with van der Waals surface area (Å²) < 4.78 is 43.4. The average Bonchev–Trinajstić information content (AvgIpc) is 3.01. The first-order chi connectivity index (χ1) is 13.7. The summed E-state index contributed by atoms with van der Waals surface area (Å²) in [7, 11) is 0. The van der Waals surface area contributed by atoms with E-state index in [1.807, 2.05) is 31.2 Å². The van der Waals surface area contributed by atoms with Gasteiger partial charge in [0.15, 0.2) is 6.10 Å². The van der Waals surface area contributed by atoms with Gasteiger partial charge >= 0.3 is 12.1 Å². The number of carbonyl (C=O) groups excluding carboxylic acids is 2. The molecular formula is C22H20F3NO3. The number of benzene rings is 2. The van der Waals surface area contributed by atoms with Gasteiger partial charge in [0.25, 0.3) is 5.91 Å². The number of amides is 1. The van der Waals surface area contributed by atoms with Crippen LogP contribution in [0.1, 0.15) is 30.5 Å². The summed E-state index contributed by atoms with van der Waals surface area (Å²) in [5.74, 6) is -1.15. The van der Waals surface area contributed by atoms with Gasteiger partial charge in [0.2, 0.25) is 0 Å². The van der Waals surface area contributed by atoms with Crippen LogP contribution in [0.4, 0.5) is 18.9 Å². The molecule has 2 atom stereocenters. The zero-order valence-corrected chi connectivity index (χ0v) is 15.9. The Morgan fingerprint density at radius 3 is 2.62 bits per heavy atom. The highest BCUT2D eigenvalue weighted by atomic mass is 19.4. The Morgan fingerprint density at radius 2 is 1.90 bits per heavy atom. The van der Waals surface area contributed by atoms with E-state index in [9.17, 15) is 22.8 Å². The Hall–Kier alpha value is -3.09. The monoisotopic (exact) mass is 403 g/mol. The summed E-state index contributed by atoms with van der Waals surface area (Å²) in [6.07, 6.45) is -2.53. The fraction of sp³-hybridized carbons (Fsp3) is 0.273. The molecule has 0 aliphatic carbocycles. The third-order valence-electron chi connectivity index (χ3n) is 4.71. The summed E-state index contributed by atoms with van der Waals surface area (Å²) in [6.45, 7) is 3.39. The first-order valence-electron chi connectivity index (χ1n) is 9.14. The molecule has 0 aromatic heterocycles. The normalized spacial score (nSPS) is 17.3. The van der Waals surface area contributed by atoms with E-state index in [4.69, 9.17) is 4.74 Å². The predicted octanol–water partition coefficient (Wildman–Crippen LogP) is 4.63. The predicted molar refractivity (Wildman–Crippen MR) is 103 cm³/mol. The van der Waals surface area contributed by atoms with E-state index >= 15 is 0 Å². The number of rotatable bonds is 4. The second kappa shape index (κ2) is 8.11. The molecule has 1 amide bonds. The van der Waals surface area contributed by atoms with Crippen molar-refractivity contribution >= 4 is 23.6 Å². The van der Waals surface area contributed by atoms with Crippen LogP contribution in [0, 0.1) is 0 Å². The number of hydrogen-bond donors (Lipinski definition) is 0. The Kier molecular flexibility index (Phi) is 5.77.